The predicted octanol–water partition coefficient (Wildman–Crippen LogP) is 2.52. The number of piperidine rings is 1. The third kappa shape index (κ3) is 5.61. The molecule has 1 amide bonds. The first-order valence-electron chi connectivity index (χ1n) is 9.55. The molecule has 1 saturated carbocycles. The number of carbonyl (C=O) groups is 1. The van der Waals surface area contributed by atoms with E-state index in [0.717, 1.165) is 45.1 Å². The van der Waals surface area contributed by atoms with Crippen molar-refractivity contribution < 1.29 is 4.79 Å². The van der Waals surface area contributed by atoms with Crippen molar-refractivity contribution in [3.05, 3.63) is 0 Å². The van der Waals surface area contributed by atoms with Gasteiger partial charge in [0.1, 0.15) is 0 Å². The molecule has 4 nitrogen and oxygen atoms in total. The Morgan fingerprint density at radius 2 is 1.70 bits per heavy atom. The van der Waals surface area contributed by atoms with Crippen LogP contribution >= 0.6 is 12.4 Å². The van der Waals surface area contributed by atoms with E-state index < -0.39 is 0 Å². The van der Waals surface area contributed by atoms with Crippen LogP contribution in [0.4, 0.5) is 0 Å². The minimum absolute atomic E-state index is 0. The topological polar surface area (TPSA) is 35.6 Å². The molecule has 0 aromatic rings. The Bertz CT molecular complexity index is 354. The molecule has 1 unspecified atom stereocenters. The van der Waals surface area contributed by atoms with E-state index in [1.807, 2.05) is 0 Å². The van der Waals surface area contributed by atoms with E-state index in [4.69, 9.17) is 0 Å². The van der Waals surface area contributed by atoms with Crippen molar-refractivity contribution in [2.24, 2.45) is 11.8 Å². The SMILES string of the molecule is Cl.O=C(C1CCCN(CCC2CCCCC2)C1)N1CCNCC1. The third-order valence-corrected chi connectivity index (χ3v) is 5.86. The van der Waals surface area contributed by atoms with Crippen LogP contribution in [-0.4, -0.2) is 61.5 Å². The summed E-state index contributed by atoms with van der Waals surface area (Å²) in [5, 5.41) is 3.33. The fourth-order valence-electron chi connectivity index (χ4n) is 4.44. The van der Waals surface area contributed by atoms with Crippen LogP contribution in [0.3, 0.4) is 0 Å². The Morgan fingerprint density at radius 1 is 0.957 bits per heavy atom. The Morgan fingerprint density at radius 3 is 2.43 bits per heavy atom. The Hall–Kier alpha value is -0.320. The molecular weight excluding hydrogens is 310 g/mol. The molecule has 0 aromatic carbocycles. The smallest absolute Gasteiger partial charge is 0.227 e. The van der Waals surface area contributed by atoms with Gasteiger partial charge in [-0.2, -0.15) is 0 Å². The van der Waals surface area contributed by atoms with Crippen LogP contribution in [0.25, 0.3) is 0 Å². The summed E-state index contributed by atoms with van der Waals surface area (Å²) in [5.74, 6) is 1.64. The van der Waals surface area contributed by atoms with Crippen molar-refractivity contribution >= 4 is 18.3 Å². The van der Waals surface area contributed by atoms with Crippen molar-refractivity contribution in [2.75, 3.05) is 45.8 Å². The predicted molar refractivity (Wildman–Crippen MR) is 97.1 cm³/mol. The van der Waals surface area contributed by atoms with Gasteiger partial charge in [0.05, 0.1) is 5.92 Å². The van der Waals surface area contributed by atoms with Crippen LogP contribution in [0.15, 0.2) is 0 Å². The molecule has 2 heterocycles. The highest BCUT2D eigenvalue weighted by molar-refractivity contribution is 5.85. The van der Waals surface area contributed by atoms with Gasteiger partial charge in [0.25, 0.3) is 0 Å². The van der Waals surface area contributed by atoms with Crippen molar-refractivity contribution in [2.45, 2.75) is 51.4 Å². The summed E-state index contributed by atoms with van der Waals surface area (Å²) in [4.78, 5) is 17.3. The first-order valence-corrected chi connectivity index (χ1v) is 9.55. The Balaban J connectivity index is 0.00000192. The van der Waals surface area contributed by atoms with Crippen LogP contribution in [0, 0.1) is 11.8 Å². The van der Waals surface area contributed by atoms with Gasteiger partial charge < -0.3 is 15.1 Å². The van der Waals surface area contributed by atoms with E-state index in [-0.39, 0.29) is 18.3 Å². The molecule has 0 bridgehead atoms. The number of amides is 1. The van der Waals surface area contributed by atoms with E-state index >= 15 is 0 Å². The zero-order chi connectivity index (χ0) is 15.2. The van der Waals surface area contributed by atoms with Gasteiger partial charge in [0.2, 0.25) is 5.91 Å². The minimum atomic E-state index is 0. The second-order valence-corrected chi connectivity index (χ2v) is 7.51. The van der Waals surface area contributed by atoms with E-state index in [1.54, 1.807) is 0 Å². The van der Waals surface area contributed by atoms with Crippen LogP contribution in [0.5, 0.6) is 0 Å². The number of nitrogens with one attached hydrogen (secondary N) is 1. The number of likely N-dealkylation sites (tertiary alicyclic amines) is 1. The normalized spacial score (nSPS) is 27.5. The van der Waals surface area contributed by atoms with E-state index in [1.165, 1.54) is 58.0 Å². The fraction of sp³-hybridized carbons (Fsp3) is 0.944. The van der Waals surface area contributed by atoms with Gasteiger partial charge in [-0.15, -0.1) is 12.4 Å². The van der Waals surface area contributed by atoms with Crippen molar-refractivity contribution in [1.82, 2.24) is 15.1 Å². The molecular formula is C18H34ClN3O. The molecule has 1 atom stereocenters. The third-order valence-electron chi connectivity index (χ3n) is 5.86. The molecule has 3 aliphatic rings. The zero-order valence-corrected chi connectivity index (χ0v) is 15.3. The van der Waals surface area contributed by atoms with Crippen LogP contribution < -0.4 is 5.32 Å². The van der Waals surface area contributed by atoms with Gasteiger partial charge in [-0.05, 0) is 38.3 Å². The molecule has 134 valence electrons. The first kappa shape index (κ1) is 19.0. The van der Waals surface area contributed by atoms with Crippen LogP contribution in [-0.2, 0) is 4.79 Å². The quantitative estimate of drug-likeness (QED) is 0.852. The summed E-state index contributed by atoms with van der Waals surface area (Å²) in [6.45, 7) is 7.16. The van der Waals surface area contributed by atoms with Crippen molar-refractivity contribution in [3.63, 3.8) is 0 Å². The maximum Gasteiger partial charge on any atom is 0.227 e. The summed E-state index contributed by atoms with van der Waals surface area (Å²) in [7, 11) is 0. The molecule has 23 heavy (non-hydrogen) atoms. The zero-order valence-electron chi connectivity index (χ0n) is 14.5. The fourth-order valence-corrected chi connectivity index (χ4v) is 4.44. The van der Waals surface area contributed by atoms with Crippen LogP contribution in [0.1, 0.15) is 51.4 Å². The maximum atomic E-state index is 12.7. The number of carbonyl (C=O) groups excluding carboxylic acids is 1. The van der Waals surface area contributed by atoms with Gasteiger partial charge in [-0.25, -0.2) is 0 Å². The summed E-state index contributed by atoms with van der Waals surface area (Å²) in [6, 6.07) is 0. The number of nitrogens with zero attached hydrogens (tertiary/aromatic N) is 2. The number of halogens is 1. The van der Waals surface area contributed by atoms with E-state index in [2.05, 4.69) is 15.1 Å². The second-order valence-electron chi connectivity index (χ2n) is 7.51. The minimum Gasteiger partial charge on any atom is -0.340 e. The lowest BCUT2D eigenvalue weighted by Gasteiger charge is -2.37. The molecule has 0 spiro atoms. The van der Waals surface area contributed by atoms with Crippen LogP contribution in [0.2, 0.25) is 0 Å². The second kappa shape index (κ2) is 9.85. The lowest BCUT2D eigenvalue weighted by molar-refractivity contribution is -0.138. The number of hydrogen-bond acceptors (Lipinski definition) is 3. The molecule has 5 heteroatoms. The molecule has 1 aliphatic carbocycles. The number of hydrogen-bond donors (Lipinski definition) is 1. The highest BCUT2D eigenvalue weighted by Gasteiger charge is 2.30. The van der Waals surface area contributed by atoms with Gasteiger partial charge in [0, 0.05) is 32.7 Å². The average Bonchev–Trinajstić information content (AvgIpc) is 2.61. The molecule has 1 N–H and O–H groups in total. The van der Waals surface area contributed by atoms with Gasteiger partial charge in [0.15, 0.2) is 0 Å². The number of rotatable bonds is 4. The lowest BCUT2D eigenvalue weighted by Crippen LogP contribution is -2.51. The molecule has 0 radical (unpaired) electrons. The molecule has 3 fully saturated rings. The average molecular weight is 344 g/mol. The molecule has 2 aliphatic heterocycles. The van der Waals surface area contributed by atoms with Crippen molar-refractivity contribution in [3.8, 4) is 0 Å². The number of piperazine rings is 1. The standard InChI is InChI=1S/C18H33N3O.ClH/c22-18(21-13-9-19-10-14-21)17-7-4-11-20(15-17)12-8-16-5-2-1-3-6-16;/h16-17,19H,1-15H2;1H. The summed E-state index contributed by atoms with van der Waals surface area (Å²) in [5.41, 5.74) is 0. The maximum absolute atomic E-state index is 12.7. The van der Waals surface area contributed by atoms with Crippen molar-refractivity contribution in [1.29, 1.82) is 0 Å². The van der Waals surface area contributed by atoms with Gasteiger partial charge in [-0.3, -0.25) is 4.79 Å². The largest absolute Gasteiger partial charge is 0.340 e. The summed E-state index contributed by atoms with van der Waals surface area (Å²) in [6.07, 6.45) is 10.9. The highest BCUT2D eigenvalue weighted by atomic mass is 35.5. The van der Waals surface area contributed by atoms with Gasteiger partial charge in [-0.1, -0.05) is 32.1 Å². The lowest BCUT2D eigenvalue weighted by atomic mass is 9.86. The monoisotopic (exact) mass is 343 g/mol. The van der Waals surface area contributed by atoms with E-state index in [9.17, 15) is 4.79 Å². The summed E-state index contributed by atoms with van der Waals surface area (Å²) >= 11 is 0. The Labute approximate surface area is 147 Å². The Kier molecular flexibility index (Phi) is 8.14. The molecule has 0 aromatic heterocycles. The first-order chi connectivity index (χ1) is 10.8. The molecule has 3 rings (SSSR count). The molecule has 2 saturated heterocycles. The highest BCUT2D eigenvalue weighted by Crippen LogP contribution is 2.27. The van der Waals surface area contributed by atoms with E-state index in [0.29, 0.717) is 5.91 Å². The van der Waals surface area contributed by atoms with Gasteiger partial charge >= 0.3 is 0 Å². The summed E-state index contributed by atoms with van der Waals surface area (Å²) < 4.78 is 0.